The Kier molecular flexibility index (Phi) is 6.50. The van der Waals surface area contributed by atoms with Gasteiger partial charge in [0.2, 0.25) is 0 Å². The van der Waals surface area contributed by atoms with Crippen LogP contribution in [0, 0.1) is 39.4 Å². The first-order valence-electron chi connectivity index (χ1n) is 13.7. The van der Waals surface area contributed by atoms with Crippen molar-refractivity contribution in [2.24, 2.45) is 39.4 Å². The fourth-order valence-electron chi connectivity index (χ4n) is 9.14. The number of carbonyl (C=O) groups is 2. The van der Waals surface area contributed by atoms with Crippen molar-refractivity contribution >= 4 is 11.8 Å². The number of Topliss-reactive ketones (excluding diaryl/α,β-unsaturated/α-hetero) is 1. The molecule has 0 aromatic carbocycles. The van der Waals surface area contributed by atoms with E-state index in [4.69, 9.17) is 0 Å². The summed E-state index contributed by atoms with van der Waals surface area (Å²) in [5.74, 6) is -0.559. The number of carboxylic acids is 1. The Morgan fingerprint density at radius 1 is 1.11 bits per heavy atom. The van der Waals surface area contributed by atoms with Crippen LogP contribution in [0.3, 0.4) is 0 Å². The third-order valence-electron chi connectivity index (χ3n) is 11.7. The van der Waals surface area contributed by atoms with E-state index in [2.05, 4.69) is 40.7 Å². The summed E-state index contributed by atoms with van der Waals surface area (Å²) in [6.07, 6.45) is 6.36. The van der Waals surface area contributed by atoms with Crippen molar-refractivity contribution in [1.29, 1.82) is 0 Å². The predicted octanol–water partition coefficient (Wildman–Crippen LogP) is 5.69. The van der Waals surface area contributed by atoms with Gasteiger partial charge in [0.1, 0.15) is 0 Å². The Bertz CT molecular complexity index is 975. The second kappa shape index (κ2) is 8.55. The van der Waals surface area contributed by atoms with Gasteiger partial charge in [0, 0.05) is 29.2 Å². The topological polar surface area (TPSA) is 94.8 Å². The second-order valence-electron chi connectivity index (χ2n) is 13.4. The zero-order valence-corrected chi connectivity index (χ0v) is 22.8. The van der Waals surface area contributed by atoms with E-state index in [1.807, 2.05) is 6.92 Å². The van der Waals surface area contributed by atoms with Gasteiger partial charge in [-0.2, -0.15) is 0 Å². The van der Waals surface area contributed by atoms with Crippen molar-refractivity contribution in [2.45, 2.75) is 112 Å². The number of hydrogen-bond donors (Lipinski definition) is 3. The highest BCUT2D eigenvalue weighted by Gasteiger charge is 2.69. The standard InChI is InChI=1S/C30H46O5/c1-17(2)9-8-10-18(3)19-11-14-28(5)25-20(12-13-27(19,28)4)29(6)22(15-21(25)31)30(7,26(34)35)24(33)16-23(29)32/h9,18-19,22-24,32-33H,8,10-16H2,1-7H3,(H,34,35)/t18-,19-,22-,23-,24-,27-,28+,29-,30+/m1/s1. The molecule has 2 saturated carbocycles. The molecule has 3 N–H and O–H groups in total. The van der Waals surface area contributed by atoms with E-state index >= 15 is 0 Å². The summed E-state index contributed by atoms with van der Waals surface area (Å²) in [5.41, 5.74) is 0.706. The van der Waals surface area contributed by atoms with Crippen LogP contribution in [0.1, 0.15) is 99.8 Å². The van der Waals surface area contributed by atoms with Crippen LogP contribution in [-0.2, 0) is 9.59 Å². The minimum Gasteiger partial charge on any atom is -0.481 e. The normalized spacial score (nSPS) is 45.9. The molecule has 0 bridgehead atoms. The number of hydrogen-bond acceptors (Lipinski definition) is 4. The molecule has 2 fully saturated rings. The van der Waals surface area contributed by atoms with Crippen molar-refractivity contribution in [3.8, 4) is 0 Å². The minimum atomic E-state index is -1.46. The highest BCUT2D eigenvalue weighted by Crippen LogP contribution is 2.71. The summed E-state index contributed by atoms with van der Waals surface area (Å²) < 4.78 is 0. The number of carbonyl (C=O) groups excluding carboxylic acids is 1. The maximum absolute atomic E-state index is 13.9. The summed E-state index contributed by atoms with van der Waals surface area (Å²) in [4.78, 5) is 26.4. The van der Waals surface area contributed by atoms with E-state index in [1.54, 1.807) is 6.92 Å². The van der Waals surface area contributed by atoms with Crippen LogP contribution in [0.5, 0.6) is 0 Å². The van der Waals surface area contributed by atoms with Gasteiger partial charge in [-0.05, 0) is 82.5 Å². The van der Waals surface area contributed by atoms with Gasteiger partial charge in [0.15, 0.2) is 5.78 Å². The number of aliphatic carboxylic acids is 1. The summed E-state index contributed by atoms with van der Waals surface area (Å²) in [6, 6.07) is 0. The van der Waals surface area contributed by atoms with Gasteiger partial charge >= 0.3 is 5.97 Å². The number of aliphatic hydroxyl groups is 2. The number of allylic oxidation sites excluding steroid dienone is 3. The van der Waals surface area contributed by atoms with Crippen LogP contribution < -0.4 is 0 Å². The van der Waals surface area contributed by atoms with Crippen LogP contribution in [0.25, 0.3) is 0 Å². The molecule has 196 valence electrons. The molecule has 0 saturated heterocycles. The van der Waals surface area contributed by atoms with Gasteiger partial charge < -0.3 is 15.3 Å². The van der Waals surface area contributed by atoms with Gasteiger partial charge in [0.05, 0.1) is 17.6 Å². The maximum atomic E-state index is 13.9. The molecule has 0 aliphatic heterocycles. The van der Waals surface area contributed by atoms with Crippen LogP contribution in [0.4, 0.5) is 0 Å². The summed E-state index contributed by atoms with van der Waals surface area (Å²) in [5, 5.41) is 32.3. The van der Waals surface area contributed by atoms with Gasteiger partial charge in [0.25, 0.3) is 0 Å². The van der Waals surface area contributed by atoms with Crippen LogP contribution in [0.2, 0.25) is 0 Å². The molecule has 5 nitrogen and oxygen atoms in total. The van der Waals surface area contributed by atoms with Gasteiger partial charge in [-0.25, -0.2) is 0 Å². The maximum Gasteiger partial charge on any atom is 0.312 e. The lowest BCUT2D eigenvalue weighted by Crippen LogP contribution is -2.64. The molecule has 35 heavy (non-hydrogen) atoms. The number of ketones is 1. The summed E-state index contributed by atoms with van der Waals surface area (Å²) in [6.45, 7) is 14.9. The zero-order valence-electron chi connectivity index (χ0n) is 22.8. The van der Waals surface area contributed by atoms with E-state index in [9.17, 15) is 24.9 Å². The third-order valence-corrected chi connectivity index (χ3v) is 11.7. The average molecular weight is 487 g/mol. The molecule has 0 radical (unpaired) electrons. The number of fused-ring (bicyclic) bond motifs is 4. The number of aliphatic hydroxyl groups excluding tert-OH is 2. The first kappa shape index (κ1) is 26.6. The lowest BCUT2D eigenvalue weighted by Gasteiger charge is -2.62. The van der Waals surface area contributed by atoms with Crippen molar-refractivity contribution in [1.82, 2.24) is 0 Å². The fourth-order valence-corrected chi connectivity index (χ4v) is 9.14. The molecule has 0 aromatic heterocycles. The van der Waals surface area contributed by atoms with E-state index in [-0.39, 0.29) is 29.5 Å². The smallest absolute Gasteiger partial charge is 0.312 e. The Morgan fingerprint density at radius 3 is 2.37 bits per heavy atom. The molecule has 4 aliphatic rings. The molecule has 9 atom stereocenters. The van der Waals surface area contributed by atoms with E-state index < -0.39 is 34.9 Å². The Hall–Kier alpha value is -1.46. The van der Waals surface area contributed by atoms with Crippen molar-refractivity contribution in [3.05, 3.63) is 22.8 Å². The lowest BCUT2D eigenvalue weighted by atomic mass is 9.42. The quantitative estimate of drug-likeness (QED) is 0.434. The van der Waals surface area contributed by atoms with Crippen molar-refractivity contribution < 1.29 is 24.9 Å². The van der Waals surface area contributed by atoms with Crippen molar-refractivity contribution in [2.75, 3.05) is 0 Å². The minimum absolute atomic E-state index is 0.00428. The predicted molar refractivity (Wildman–Crippen MR) is 137 cm³/mol. The van der Waals surface area contributed by atoms with Crippen LogP contribution in [0.15, 0.2) is 22.8 Å². The molecular formula is C30H46O5. The van der Waals surface area contributed by atoms with Crippen LogP contribution >= 0.6 is 0 Å². The molecule has 0 aromatic rings. The van der Waals surface area contributed by atoms with E-state index in [0.29, 0.717) is 11.8 Å². The first-order chi connectivity index (χ1) is 16.2. The SMILES string of the molecule is CC(C)=CCC[C@@H](C)[C@H]1CC[C@@]2(C)C3=C(CC[C@]12C)[C@]1(C)[C@@H](CC3=O)[C@](C)(C(=O)O)[C@H](O)C[C@H]1O. The highest BCUT2D eigenvalue weighted by molar-refractivity contribution is 6.00. The fraction of sp³-hybridized carbons (Fsp3) is 0.800. The number of rotatable bonds is 5. The van der Waals surface area contributed by atoms with Crippen molar-refractivity contribution in [3.63, 3.8) is 0 Å². The van der Waals surface area contributed by atoms with E-state index in [0.717, 1.165) is 49.7 Å². The molecule has 0 spiro atoms. The molecule has 0 unspecified atom stereocenters. The molecule has 0 amide bonds. The molecule has 4 aliphatic carbocycles. The number of carboxylic acid groups (broad SMARTS) is 1. The highest BCUT2D eigenvalue weighted by atomic mass is 16.4. The van der Waals surface area contributed by atoms with Gasteiger partial charge in [-0.1, -0.05) is 44.9 Å². The largest absolute Gasteiger partial charge is 0.481 e. The second-order valence-corrected chi connectivity index (χ2v) is 13.4. The third kappa shape index (κ3) is 3.47. The molecule has 4 rings (SSSR count). The van der Waals surface area contributed by atoms with Gasteiger partial charge in [-0.3, -0.25) is 9.59 Å². The Labute approximate surface area is 211 Å². The Morgan fingerprint density at radius 2 is 1.77 bits per heavy atom. The van der Waals surface area contributed by atoms with E-state index in [1.165, 1.54) is 5.57 Å². The zero-order chi connectivity index (χ0) is 26.1. The Balaban J connectivity index is 1.77. The monoisotopic (exact) mass is 486 g/mol. The first-order valence-corrected chi connectivity index (χ1v) is 13.7. The van der Waals surface area contributed by atoms with Crippen LogP contribution in [-0.4, -0.2) is 39.3 Å². The average Bonchev–Trinajstić information content (AvgIpc) is 3.04. The summed E-state index contributed by atoms with van der Waals surface area (Å²) in [7, 11) is 0. The lowest BCUT2D eigenvalue weighted by molar-refractivity contribution is -0.192. The van der Waals surface area contributed by atoms with Gasteiger partial charge in [-0.15, -0.1) is 0 Å². The summed E-state index contributed by atoms with van der Waals surface area (Å²) >= 11 is 0. The molecular weight excluding hydrogens is 440 g/mol. The molecule has 5 heteroatoms. The molecule has 0 heterocycles.